The van der Waals surface area contributed by atoms with Crippen LogP contribution in [0.15, 0.2) is 18.2 Å². The summed E-state index contributed by atoms with van der Waals surface area (Å²) in [6.45, 7) is 1.10. The molecule has 2 aliphatic rings. The average molecular weight is 450 g/mol. The van der Waals surface area contributed by atoms with E-state index in [0.29, 0.717) is 43.0 Å². The number of hydrogen-bond donors (Lipinski definition) is 2. The van der Waals surface area contributed by atoms with Crippen molar-refractivity contribution in [2.45, 2.75) is 37.5 Å². The van der Waals surface area contributed by atoms with E-state index >= 15 is 0 Å². The summed E-state index contributed by atoms with van der Waals surface area (Å²) in [6.07, 6.45) is 1.04. The Morgan fingerprint density at radius 2 is 2.00 bits per heavy atom. The van der Waals surface area contributed by atoms with Crippen molar-refractivity contribution in [3.05, 3.63) is 23.8 Å². The van der Waals surface area contributed by atoms with Gasteiger partial charge in [0, 0.05) is 33.5 Å². The summed E-state index contributed by atoms with van der Waals surface area (Å²) in [5.74, 6) is -0.182. The number of likely N-dealkylation sites (N-methyl/N-ethyl adjacent to an activating group) is 1. The minimum atomic E-state index is -0.344. The fourth-order valence-corrected chi connectivity index (χ4v) is 4.00. The first kappa shape index (κ1) is 24.0. The van der Waals surface area contributed by atoms with Gasteiger partial charge >= 0.3 is 0 Å². The fourth-order valence-electron chi connectivity index (χ4n) is 4.00. The summed E-state index contributed by atoms with van der Waals surface area (Å²) in [4.78, 5) is 38.8. The number of ether oxygens (including phenoxy) is 4. The normalized spacial score (nSPS) is 22.7. The summed E-state index contributed by atoms with van der Waals surface area (Å²) in [5.41, 5.74) is 0.869. The van der Waals surface area contributed by atoms with Crippen molar-refractivity contribution in [1.82, 2.24) is 10.2 Å². The zero-order valence-corrected chi connectivity index (χ0v) is 18.7. The van der Waals surface area contributed by atoms with E-state index in [9.17, 15) is 14.4 Å². The molecule has 32 heavy (non-hydrogen) atoms. The smallest absolute Gasteiger partial charge is 0.257 e. The van der Waals surface area contributed by atoms with Gasteiger partial charge in [-0.1, -0.05) is 0 Å². The first-order chi connectivity index (χ1) is 15.4. The maximum Gasteiger partial charge on any atom is 0.257 e. The van der Waals surface area contributed by atoms with Crippen LogP contribution in [0.25, 0.3) is 0 Å². The molecule has 1 aromatic carbocycles. The Labute approximate surface area is 187 Å². The number of anilines is 1. The molecule has 0 saturated carbocycles. The van der Waals surface area contributed by atoms with E-state index in [-0.39, 0.29) is 55.6 Å². The van der Waals surface area contributed by atoms with Crippen LogP contribution in [-0.4, -0.2) is 88.5 Å². The summed E-state index contributed by atoms with van der Waals surface area (Å²) in [5, 5.41) is 5.51. The lowest BCUT2D eigenvalue weighted by Crippen LogP contribution is -2.54. The van der Waals surface area contributed by atoms with Gasteiger partial charge in [-0.2, -0.15) is 0 Å². The van der Waals surface area contributed by atoms with Crippen LogP contribution in [-0.2, 0) is 23.8 Å². The molecule has 1 aromatic rings. The van der Waals surface area contributed by atoms with Crippen LogP contribution in [0.4, 0.5) is 5.69 Å². The lowest BCUT2D eigenvalue weighted by atomic mass is 9.94. The average Bonchev–Trinajstić information content (AvgIpc) is 2.77. The lowest BCUT2D eigenvalue weighted by Gasteiger charge is -2.42. The second-order valence-corrected chi connectivity index (χ2v) is 7.91. The molecule has 3 amide bonds. The number of hydrogen-bond acceptors (Lipinski definition) is 7. The van der Waals surface area contributed by atoms with Gasteiger partial charge in [0.2, 0.25) is 11.8 Å². The molecule has 1 saturated heterocycles. The van der Waals surface area contributed by atoms with E-state index in [0.717, 1.165) is 0 Å². The predicted molar refractivity (Wildman–Crippen MR) is 116 cm³/mol. The van der Waals surface area contributed by atoms with Crippen molar-refractivity contribution in [1.29, 1.82) is 0 Å². The molecule has 3 rings (SSSR count). The molecule has 0 aliphatic carbocycles. The van der Waals surface area contributed by atoms with Crippen molar-refractivity contribution >= 4 is 23.4 Å². The third-order valence-corrected chi connectivity index (χ3v) is 5.61. The molecule has 1 fully saturated rings. The molecule has 3 atom stereocenters. The fraction of sp³-hybridized carbons (Fsp3) is 0.591. The molecule has 0 spiro atoms. The molecular formula is C22H31N3O7. The van der Waals surface area contributed by atoms with E-state index in [1.807, 2.05) is 0 Å². The summed E-state index contributed by atoms with van der Waals surface area (Å²) in [7, 11) is 4.76. The SMILES string of the molecule is COCCNC(=O)C[C@H]1CC[C@@H]2[C@@H](COc3ccc(NC(=O)COC)cc3C(=O)N2C)O1. The van der Waals surface area contributed by atoms with Gasteiger partial charge in [0.25, 0.3) is 5.91 Å². The van der Waals surface area contributed by atoms with Gasteiger partial charge in [0.1, 0.15) is 25.1 Å². The van der Waals surface area contributed by atoms with Crippen molar-refractivity contribution < 1.29 is 33.3 Å². The number of methoxy groups -OCH3 is 2. The molecule has 176 valence electrons. The largest absolute Gasteiger partial charge is 0.490 e. The second-order valence-electron chi connectivity index (χ2n) is 7.91. The molecule has 0 radical (unpaired) electrons. The van der Waals surface area contributed by atoms with E-state index in [1.165, 1.54) is 7.11 Å². The first-order valence-corrected chi connectivity index (χ1v) is 10.7. The number of rotatable bonds is 8. The second kappa shape index (κ2) is 11.3. The number of nitrogens with one attached hydrogen (secondary N) is 2. The Morgan fingerprint density at radius 3 is 2.75 bits per heavy atom. The molecule has 0 bridgehead atoms. The number of amides is 3. The van der Waals surface area contributed by atoms with Crippen LogP contribution in [0.1, 0.15) is 29.6 Å². The van der Waals surface area contributed by atoms with Gasteiger partial charge in [-0.3, -0.25) is 14.4 Å². The number of carbonyl (C=O) groups excluding carboxylic acids is 3. The van der Waals surface area contributed by atoms with Crippen molar-refractivity contribution in [3.8, 4) is 5.75 Å². The van der Waals surface area contributed by atoms with Gasteiger partial charge < -0.3 is 34.5 Å². The number of fused-ring (bicyclic) bond motifs is 2. The minimum Gasteiger partial charge on any atom is -0.490 e. The minimum absolute atomic E-state index is 0.0753. The standard InChI is InChI=1S/C22H31N3O7/c1-25-17-6-5-15(11-20(26)23-8-9-29-2)32-19(17)12-31-18-7-4-14(10-16(18)22(25)28)24-21(27)13-30-3/h4,7,10,15,17,19H,5-6,8-9,11-13H2,1-3H3,(H,23,26)(H,24,27)/t15-,17-,19-/m1/s1. The maximum atomic E-state index is 13.2. The molecule has 0 unspecified atom stereocenters. The third-order valence-electron chi connectivity index (χ3n) is 5.61. The Kier molecular flexibility index (Phi) is 8.43. The van der Waals surface area contributed by atoms with Gasteiger partial charge in [0.15, 0.2) is 0 Å². The molecule has 10 heteroatoms. The van der Waals surface area contributed by atoms with Gasteiger partial charge in [-0.15, -0.1) is 0 Å². The quantitative estimate of drug-likeness (QED) is 0.564. The molecule has 10 nitrogen and oxygen atoms in total. The zero-order chi connectivity index (χ0) is 23.1. The van der Waals surface area contributed by atoms with Gasteiger partial charge in [-0.05, 0) is 31.0 Å². The summed E-state index contributed by atoms with van der Waals surface area (Å²) >= 11 is 0. The summed E-state index contributed by atoms with van der Waals surface area (Å²) in [6, 6.07) is 4.77. The van der Waals surface area contributed by atoms with E-state index in [4.69, 9.17) is 18.9 Å². The number of nitrogens with zero attached hydrogens (tertiary/aromatic N) is 1. The topological polar surface area (TPSA) is 115 Å². The van der Waals surface area contributed by atoms with Gasteiger partial charge in [-0.25, -0.2) is 0 Å². The number of benzene rings is 1. The van der Waals surface area contributed by atoms with Crippen LogP contribution in [0.5, 0.6) is 5.75 Å². The van der Waals surface area contributed by atoms with Crippen LogP contribution < -0.4 is 15.4 Å². The van der Waals surface area contributed by atoms with E-state index in [2.05, 4.69) is 10.6 Å². The zero-order valence-electron chi connectivity index (χ0n) is 18.7. The highest BCUT2D eigenvalue weighted by Crippen LogP contribution is 2.32. The van der Waals surface area contributed by atoms with Crippen LogP contribution >= 0.6 is 0 Å². The van der Waals surface area contributed by atoms with E-state index in [1.54, 1.807) is 37.3 Å². The van der Waals surface area contributed by atoms with Gasteiger partial charge in [0.05, 0.1) is 30.7 Å². The number of carbonyl (C=O) groups is 3. The Balaban J connectivity index is 1.67. The van der Waals surface area contributed by atoms with Crippen molar-refractivity contribution in [2.75, 3.05) is 52.9 Å². The highest BCUT2D eigenvalue weighted by atomic mass is 16.5. The Hall–Kier alpha value is -2.69. The Morgan fingerprint density at radius 1 is 1.19 bits per heavy atom. The molecular weight excluding hydrogens is 418 g/mol. The maximum absolute atomic E-state index is 13.2. The monoisotopic (exact) mass is 449 g/mol. The highest BCUT2D eigenvalue weighted by molar-refractivity contribution is 6.00. The van der Waals surface area contributed by atoms with Crippen molar-refractivity contribution in [2.24, 2.45) is 0 Å². The third kappa shape index (κ3) is 5.96. The molecule has 0 aromatic heterocycles. The summed E-state index contributed by atoms with van der Waals surface area (Å²) < 4.78 is 21.9. The van der Waals surface area contributed by atoms with E-state index < -0.39 is 0 Å². The molecule has 2 heterocycles. The molecule has 2 aliphatic heterocycles. The first-order valence-electron chi connectivity index (χ1n) is 10.7. The highest BCUT2D eigenvalue weighted by Gasteiger charge is 2.39. The van der Waals surface area contributed by atoms with Crippen LogP contribution in [0.3, 0.4) is 0 Å². The predicted octanol–water partition coefficient (Wildman–Crippen LogP) is 0.805. The van der Waals surface area contributed by atoms with Crippen LogP contribution in [0.2, 0.25) is 0 Å². The van der Waals surface area contributed by atoms with Crippen molar-refractivity contribution in [3.63, 3.8) is 0 Å². The Bertz CT molecular complexity index is 832. The lowest BCUT2D eigenvalue weighted by molar-refractivity contribution is -0.134. The molecule has 2 N–H and O–H groups in total. The van der Waals surface area contributed by atoms with Crippen LogP contribution in [0, 0.1) is 0 Å².